The Labute approximate surface area is 165 Å². The zero-order chi connectivity index (χ0) is 21.1. The topological polar surface area (TPSA) is 89.1 Å². The summed E-state index contributed by atoms with van der Waals surface area (Å²) in [6.07, 6.45) is -5.20. The third-order valence-corrected chi connectivity index (χ3v) is 4.41. The zero-order valence-corrected chi connectivity index (χ0v) is 16.2. The number of carbonyl (C=O) groups is 1. The number of halogens is 3. The second-order valence-electron chi connectivity index (χ2n) is 5.91. The average molecular weight is 422 g/mol. The van der Waals surface area contributed by atoms with Gasteiger partial charge in [0.25, 0.3) is 5.72 Å². The van der Waals surface area contributed by atoms with E-state index in [0.29, 0.717) is 12.4 Å². The van der Waals surface area contributed by atoms with Crippen molar-refractivity contribution in [2.24, 2.45) is 5.92 Å². The Morgan fingerprint density at radius 3 is 2.50 bits per heavy atom. The summed E-state index contributed by atoms with van der Waals surface area (Å²) in [6, 6.07) is 3.05. The van der Waals surface area contributed by atoms with Gasteiger partial charge < -0.3 is 30.0 Å². The third-order valence-electron chi connectivity index (χ3n) is 4.19. The summed E-state index contributed by atoms with van der Waals surface area (Å²) in [5, 5.41) is 14.3. The van der Waals surface area contributed by atoms with Crippen LogP contribution in [-0.4, -0.2) is 48.4 Å². The number of nitrogens with one attached hydrogen (secondary N) is 2. The molecule has 1 heterocycles. The van der Waals surface area contributed by atoms with Crippen LogP contribution in [0.2, 0.25) is 0 Å². The van der Waals surface area contributed by atoms with E-state index in [1.54, 1.807) is 12.2 Å². The highest BCUT2D eigenvalue weighted by atomic mass is 32.1. The summed E-state index contributed by atoms with van der Waals surface area (Å²) in [7, 11) is 1.37. The molecule has 0 radical (unpaired) electrons. The SMILES string of the molecule is CCOC(=O)[C@@H]1[C@H](c2ccc(OCC)c(OC)c2)NC(=S)N[C@]1(O)C(F)(F)F. The van der Waals surface area contributed by atoms with E-state index in [9.17, 15) is 23.1 Å². The molecule has 1 aliphatic rings. The summed E-state index contributed by atoms with van der Waals surface area (Å²) < 4.78 is 56.5. The normalized spacial score (nSPS) is 24.8. The minimum absolute atomic E-state index is 0.160. The minimum atomic E-state index is -5.20. The van der Waals surface area contributed by atoms with E-state index in [0.717, 1.165) is 0 Å². The fourth-order valence-electron chi connectivity index (χ4n) is 2.97. The van der Waals surface area contributed by atoms with Crippen LogP contribution >= 0.6 is 12.2 Å². The number of aliphatic hydroxyl groups is 1. The second kappa shape index (κ2) is 8.39. The molecule has 28 heavy (non-hydrogen) atoms. The zero-order valence-electron chi connectivity index (χ0n) is 15.4. The maximum Gasteiger partial charge on any atom is 0.437 e. The lowest BCUT2D eigenvalue weighted by molar-refractivity contribution is -0.292. The van der Waals surface area contributed by atoms with Gasteiger partial charge in [-0.2, -0.15) is 13.2 Å². The maximum absolute atomic E-state index is 13.7. The number of rotatable bonds is 6. The highest BCUT2D eigenvalue weighted by Crippen LogP contribution is 2.44. The lowest BCUT2D eigenvalue weighted by atomic mass is 9.82. The van der Waals surface area contributed by atoms with Crippen LogP contribution in [0, 0.1) is 5.92 Å². The van der Waals surface area contributed by atoms with Gasteiger partial charge >= 0.3 is 12.1 Å². The van der Waals surface area contributed by atoms with Gasteiger partial charge in [0, 0.05) is 0 Å². The molecule has 1 aromatic rings. The molecule has 3 atom stereocenters. The first-order valence-corrected chi connectivity index (χ1v) is 8.85. The Morgan fingerprint density at radius 2 is 1.96 bits per heavy atom. The summed E-state index contributed by atoms with van der Waals surface area (Å²) in [6.45, 7) is 3.41. The van der Waals surface area contributed by atoms with Crippen LogP contribution in [0.15, 0.2) is 18.2 Å². The van der Waals surface area contributed by atoms with E-state index in [-0.39, 0.29) is 17.9 Å². The fraction of sp³-hybridized carbons (Fsp3) is 0.529. The number of alkyl halides is 3. The molecule has 1 aromatic carbocycles. The Hall–Kier alpha value is -2.27. The number of benzene rings is 1. The van der Waals surface area contributed by atoms with Gasteiger partial charge in [0.1, 0.15) is 5.92 Å². The van der Waals surface area contributed by atoms with Crippen LogP contribution in [0.1, 0.15) is 25.5 Å². The van der Waals surface area contributed by atoms with Gasteiger partial charge in [-0.05, 0) is 43.8 Å². The standard InChI is InChI=1S/C17H21F3N2O5S/c1-4-26-10-7-6-9(8-11(10)25-3)13-12(14(23)27-5-2)16(24,17(18,19)20)22-15(28)21-13/h6-8,12-13,24H,4-5H2,1-3H3,(H2,21,22,28)/t12-,13-,16+/m0/s1. The van der Waals surface area contributed by atoms with E-state index in [4.69, 9.17) is 26.4 Å². The predicted molar refractivity (Wildman–Crippen MR) is 96.9 cm³/mol. The number of esters is 1. The van der Waals surface area contributed by atoms with Crippen LogP contribution in [0.5, 0.6) is 11.5 Å². The first kappa shape index (κ1) is 22.0. The smallest absolute Gasteiger partial charge is 0.437 e. The first-order chi connectivity index (χ1) is 13.1. The van der Waals surface area contributed by atoms with Crippen molar-refractivity contribution in [1.82, 2.24) is 10.6 Å². The number of methoxy groups -OCH3 is 1. The molecule has 2 rings (SSSR count). The van der Waals surface area contributed by atoms with Crippen molar-refractivity contribution < 1.29 is 37.3 Å². The van der Waals surface area contributed by atoms with Crippen molar-refractivity contribution in [3.63, 3.8) is 0 Å². The van der Waals surface area contributed by atoms with E-state index >= 15 is 0 Å². The second-order valence-corrected chi connectivity index (χ2v) is 6.32. The molecule has 11 heteroatoms. The lowest BCUT2D eigenvalue weighted by Crippen LogP contribution is -2.73. The Bertz CT molecular complexity index is 746. The van der Waals surface area contributed by atoms with Crippen molar-refractivity contribution in [3.8, 4) is 11.5 Å². The van der Waals surface area contributed by atoms with Crippen molar-refractivity contribution in [3.05, 3.63) is 23.8 Å². The quantitative estimate of drug-likeness (QED) is 0.474. The van der Waals surface area contributed by atoms with Gasteiger partial charge in [-0.25, -0.2) is 0 Å². The van der Waals surface area contributed by atoms with Crippen LogP contribution in [0.25, 0.3) is 0 Å². The molecule has 3 N–H and O–H groups in total. The largest absolute Gasteiger partial charge is 0.493 e. The van der Waals surface area contributed by atoms with Gasteiger partial charge in [0.2, 0.25) is 0 Å². The molecule has 0 amide bonds. The number of ether oxygens (including phenoxy) is 3. The molecule has 0 saturated carbocycles. The van der Waals surface area contributed by atoms with Gasteiger partial charge in [-0.15, -0.1) is 0 Å². The summed E-state index contributed by atoms with van der Waals surface area (Å²) >= 11 is 4.84. The molecule has 0 aromatic heterocycles. The summed E-state index contributed by atoms with van der Waals surface area (Å²) in [5.41, 5.74) is -3.39. The molecule has 0 aliphatic carbocycles. The van der Waals surface area contributed by atoms with Gasteiger partial charge in [-0.3, -0.25) is 4.79 Å². The maximum atomic E-state index is 13.7. The van der Waals surface area contributed by atoms with Crippen LogP contribution in [-0.2, 0) is 9.53 Å². The lowest BCUT2D eigenvalue weighted by Gasteiger charge is -2.45. The van der Waals surface area contributed by atoms with E-state index in [1.165, 1.54) is 32.2 Å². The molecule has 1 saturated heterocycles. The van der Waals surface area contributed by atoms with Crippen molar-refractivity contribution in [2.45, 2.75) is 31.8 Å². The predicted octanol–water partition coefficient (Wildman–Crippen LogP) is 2.04. The highest BCUT2D eigenvalue weighted by Gasteiger charge is 2.66. The minimum Gasteiger partial charge on any atom is -0.493 e. The van der Waals surface area contributed by atoms with Crippen molar-refractivity contribution in [1.29, 1.82) is 0 Å². The third kappa shape index (κ3) is 4.09. The fourth-order valence-corrected chi connectivity index (χ4v) is 3.25. The van der Waals surface area contributed by atoms with Crippen LogP contribution < -0.4 is 20.1 Å². The van der Waals surface area contributed by atoms with Crippen LogP contribution in [0.4, 0.5) is 13.2 Å². The van der Waals surface area contributed by atoms with Gasteiger partial charge in [0.15, 0.2) is 16.6 Å². The first-order valence-electron chi connectivity index (χ1n) is 8.44. The molecule has 1 aliphatic heterocycles. The van der Waals surface area contributed by atoms with Crippen LogP contribution in [0.3, 0.4) is 0 Å². The summed E-state index contributed by atoms with van der Waals surface area (Å²) in [5.74, 6) is -2.67. The molecule has 0 spiro atoms. The molecule has 0 bridgehead atoms. The van der Waals surface area contributed by atoms with Gasteiger partial charge in [0.05, 0.1) is 26.4 Å². The van der Waals surface area contributed by atoms with E-state index < -0.39 is 34.9 Å². The van der Waals surface area contributed by atoms with Crippen molar-refractivity contribution >= 4 is 23.3 Å². The number of thiocarbonyl (C=S) groups is 1. The average Bonchev–Trinajstić information content (AvgIpc) is 2.60. The monoisotopic (exact) mass is 422 g/mol. The van der Waals surface area contributed by atoms with Gasteiger partial charge in [-0.1, -0.05) is 6.07 Å². The number of hydrogen-bond acceptors (Lipinski definition) is 6. The molecular formula is C17H21F3N2O5S. The molecule has 1 fully saturated rings. The van der Waals surface area contributed by atoms with E-state index in [1.807, 2.05) is 0 Å². The molecular weight excluding hydrogens is 401 g/mol. The molecule has 0 unspecified atom stereocenters. The Balaban J connectivity index is 2.58. The summed E-state index contributed by atoms with van der Waals surface area (Å²) in [4.78, 5) is 12.4. The Kier molecular flexibility index (Phi) is 6.60. The van der Waals surface area contributed by atoms with E-state index in [2.05, 4.69) is 5.32 Å². The highest BCUT2D eigenvalue weighted by molar-refractivity contribution is 7.80. The Morgan fingerprint density at radius 1 is 1.29 bits per heavy atom. The number of carbonyl (C=O) groups excluding carboxylic acids is 1. The van der Waals surface area contributed by atoms with Crippen molar-refractivity contribution in [2.75, 3.05) is 20.3 Å². The number of hydrogen-bond donors (Lipinski definition) is 3. The molecule has 156 valence electrons. The molecule has 7 nitrogen and oxygen atoms in total.